The lowest BCUT2D eigenvalue weighted by molar-refractivity contribution is -0.121. The second-order valence-corrected chi connectivity index (χ2v) is 6.15. The van der Waals surface area contributed by atoms with Crippen molar-refractivity contribution in [3.63, 3.8) is 0 Å². The summed E-state index contributed by atoms with van der Waals surface area (Å²) in [5.41, 5.74) is 2.79. The largest absolute Gasteiger partial charge is 0.357 e. The number of amides is 1. The van der Waals surface area contributed by atoms with Gasteiger partial charge in [0.25, 0.3) is 0 Å². The average molecular weight is 444 g/mol. The van der Waals surface area contributed by atoms with E-state index in [1.54, 1.807) is 0 Å². The molecule has 1 aromatic carbocycles. The molecule has 0 saturated carbocycles. The number of halogens is 1. The number of carbonyl (C=O) groups excluding carboxylic acids is 1. The molecule has 0 aromatic heterocycles. The second-order valence-electron chi connectivity index (χ2n) is 6.15. The van der Waals surface area contributed by atoms with Crippen LogP contribution in [0.4, 0.5) is 0 Å². The molecule has 0 bridgehead atoms. The molecule has 134 valence electrons. The topological polar surface area (TPSA) is 56.7 Å². The lowest BCUT2D eigenvalue weighted by atomic mass is 10.0. The zero-order chi connectivity index (χ0) is 16.7. The summed E-state index contributed by atoms with van der Waals surface area (Å²) in [6, 6.07) is 8.75. The maximum Gasteiger partial charge on any atom is 0.222 e. The minimum Gasteiger partial charge on any atom is -0.357 e. The van der Waals surface area contributed by atoms with Gasteiger partial charge in [0.1, 0.15) is 0 Å². The zero-order valence-corrected chi connectivity index (χ0v) is 17.2. The fourth-order valence-electron chi connectivity index (χ4n) is 2.76. The number of nitrogens with one attached hydrogen (secondary N) is 2. The van der Waals surface area contributed by atoms with Gasteiger partial charge in [0.2, 0.25) is 5.91 Å². The van der Waals surface area contributed by atoms with Crippen molar-refractivity contribution in [2.75, 3.05) is 19.6 Å². The molecule has 0 saturated heterocycles. The van der Waals surface area contributed by atoms with Crippen LogP contribution >= 0.6 is 24.0 Å². The van der Waals surface area contributed by atoms with Crippen molar-refractivity contribution in [1.29, 1.82) is 0 Å². The van der Waals surface area contributed by atoms with Gasteiger partial charge in [-0.3, -0.25) is 9.79 Å². The van der Waals surface area contributed by atoms with Crippen LogP contribution in [0.15, 0.2) is 29.3 Å². The van der Waals surface area contributed by atoms with Crippen molar-refractivity contribution < 1.29 is 4.79 Å². The van der Waals surface area contributed by atoms with Gasteiger partial charge in [-0.15, -0.1) is 24.0 Å². The zero-order valence-electron chi connectivity index (χ0n) is 14.8. The first kappa shape index (κ1) is 20.7. The molecule has 2 N–H and O–H groups in total. The predicted octanol–water partition coefficient (Wildman–Crippen LogP) is 2.54. The lowest BCUT2D eigenvalue weighted by Crippen LogP contribution is -2.44. The fraction of sp³-hybridized carbons (Fsp3) is 0.556. The third-order valence-electron chi connectivity index (χ3n) is 3.82. The van der Waals surface area contributed by atoms with E-state index in [1.807, 2.05) is 13.8 Å². The van der Waals surface area contributed by atoms with Crippen LogP contribution in [0.25, 0.3) is 0 Å². The Kier molecular flexibility index (Phi) is 9.10. The fourth-order valence-corrected chi connectivity index (χ4v) is 2.76. The Balaban J connectivity index is 0.00000288. The van der Waals surface area contributed by atoms with E-state index >= 15 is 0 Å². The third-order valence-corrected chi connectivity index (χ3v) is 3.82. The van der Waals surface area contributed by atoms with Gasteiger partial charge in [0, 0.05) is 32.1 Å². The Labute approximate surface area is 162 Å². The first-order valence-electron chi connectivity index (χ1n) is 8.49. The molecule has 1 aliphatic heterocycles. The van der Waals surface area contributed by atoms with Crippen molar-refractivity contribution in [1.82, 2.24) is 15.5 Å². The SMILES string of the molecule is CCNC(=NCCC(=O)NC(C)C)N1CCc2ccccc2C1.I. The molecule has 1 aliphatic rings. The Morgan fingerprint density at radius 3 is 2.67 bits per heavy atom. The Bertz CT molecular complexity index is 560. The van der Waals surface area contributed by atoms with Crippen LogP contribution in [-0.4, -0.2) is 42.4 Å². The number of hydrogen-bond acceptors (Lipinski definition) is 2. The molecule has 24 heavy (non-hydrogen) atoms. The van der Waals surface area contributed by atoms with Crippen LogP contribution in [0, 0.1) is 0 Å². The molecule has 0 atom stereocenters. The van der Waals surface area contributed by atoms with Crippen molar-refractivity contribution in [2.24, 2.45) is 4.99 Å². The van der Waals surface area contributed by atoms with Gasteiger partial charge in [0.05, 0.1) is 6.54 Å². The number of rotatable bonds is 5. The van der Waals surface area contributed by atoms with Gasteiger partial charge >= 0.3 is 0 Å². The number of hydrogen-bond donors (Lipinski definition) is 2. The number of aliphatic imine (C=N–C) groups is 1. The van der Waals surface area contributed by atoms with Crippen LogP contribution in [-0.2, 0) is 17.8 Å². The van der Waals surface area contributed by atoms with Crippen LogP contribution in [0.5, 0.6) is 0 Å². The van der Waals surface area contributed by atoms with Crippen LogP contribution in [0.2, 0.25) is 0 Å². The molecule has 6 heteroatoms. The number of guanidine groups is 1. The number of carbonyl (C=O) groups is 1. The Hall–Kier alpha value is -1.31. The van der Waals surface area contributed by atoms with E-state index in [4.69, 9.17) is 0 Å². The summed E-state index contributed by atoms with van der Waals surface area (Å²) in [6.07, 6.45) is 1.46. The number of benzene rings is 1. The Morgan fingerprint density at radius 2 is 2.00 bits per heavy atom. The monoisotopic (exact) mass is 444 g/mol. The third kappa shape index (κ3) is 6.30. The molecule has 1 amide bonds. The van der Waals surface area contributed by atoms with Crippen LogP contribution in [0.1, 0.15) is 38.3 Å². The van der Waals surface area contributed by atoms with Crippen LogP contribution in [0.3, 0.4) is 0 Å². The van der Waals surface area contributed by atoms with Crippen molar-refractivity contribution >= 4 is 35.8 Å². The molecule has 0 unspecified atom stereocenters. The van der Waals surface area contributed by atoms with Gasteiger partial charge in [-0.05, 0) is 38.3 Å². The summed E-state index contributed by atoms with van der Waals surface area (Å²) in [4.78, 5) is 18.6. The van der Waals surface area contributed by atoms with Gasteiger partial charge in [-0.2, -0.15) is 0 Å². The quantitative estimate of drug-likeness (QED) is 0.417. The second kappa shape index (κ2) is 10.5. The summed E-state index contributed by atoms with van der Waals surface area (Å²) in [7, 11) is 0. The van der Waals surface area contributed by atoms with E-state index in [2.05, 4.69) is 51.7 Å². The highest BCUT2D eigenvalue weighted by Crippen LogP contribution is 2.18. The maximum absolute atomic E-state index is 11.7. The van der Waals surface area contributed by atoms with E-state index in [0.717, 1.165) is 32.0 Å². The predicted molar refractivity (Wildman–Crippen MR) is 110 cm³/mol. The molecular weight excluding hydrogens is 415 g/mol. The van der Waals surface area contributed by atoms with E-state index in [1.165, 1.54) is 11.1 Å². The number of nitrogens with zero attached hydrogens (tertiary/aromatic N) is 2. The lowest BCUT2D eigenvalue weighted by Gasteiger charge is -2.31. The van der Waals surface area contributed by atoms with E-state index in [-0.39, 0.29) is 35.9 Å². The molecule has 1 aromatic rings. The molecule has 0 aliphatic carbocycles. The van der Waals surface area contributed by atoms with E-state index in [9.17, 15) is 4.79 Å². The molecule has 2 rings (SSSR count). The summed E-state index contributed by atoms with van der Waals surface area (Å²) < 4.78 is 0. The molecule has 5 nitrogen and oxygen atoms in total. The van der Waals surface area contributed by atoms with Crippen molar-refractivity contribution in [3.8, 4) is 0 Å². The smallest absolute Gasteiger partial charge is 0.222 e. The summed E-state index contributed by atoms with van der Waals surface area (Å²) in [5.74, 6) is 0.961. The minimum atomic E-state index is 0. The molecular formula is C18H29IN4O. The van der Waals surface area contributed by atoms with Gasteiger partial charge in [-0.1, -0.05) is 24.3 Å². The first-order valence-corrected chi connectivity index (χ1v) is 8.49. The van der Waals surface area contributed by atoms with E-state index in [0.29, 0.717) is 13.0 Å². The molecule has 1 heterocycles. The van der Waals surface area contributed by atoms with E-state index < -0.39 is 0 Å². The van der Waals surface area contributed by atoms with Crippen LogP contribution < -0.4 is 10.6 Å². The highest BCUT2D eigenvalue weighted by Gasteiger charge is 2.18. The van der Waals surface area contributed by atoms with Gasteiger partial charge in [-0.25, -0.2) is 0 Å². The minimum absolute atomic E-state index is 0. The van der Waals surface area contributed by atoms with Crippen molar-refractivity contribution in [2.45, 2.75) is 46.2 Å². The van der Waals surface area contributed by atoms with Crippen molar-refractivity contribution in [3.05, 3.63) is 35.4 Å². The molecule has 0 fully saturated rings. The van der Waals surface area contributed by atoms with Gasteiger partial charge in [0.15, 0.2) is 5.96 Å². The molecule has 0 radical (unpaired) electrons. The summed E-state index contributed by atoms with van der Waals surface area (Å²) >= 11 is 0. The Morgan fingerprint density at radius 1 is 1.29 bits per heavy atom. The highest BCUT2D eigenvalue weighted by molar-refractivity contribution is 14.0. The first-order chi connectivity index (χ1) is 11.1. The maximum atomic E-state index is 11.7. The highest BCUT2D eigenvalue weighted by atomic mass is 127. The number of fused-ring (bicyclic) bond motifs is 1. The summed E-state index contributed by atoms with van der Waals surface area (Å²) in [6.45, 7) is 9.18. The van der Waals surface area contributed by atoms with Gasteiger partial charge < -0.3 is 15.5 Å². The summed E-state index contributed by atoms with van der Waals surface area (Å²) in [5, 5.41) is 6.24. The molecule has 0 spiro atoms. The average Bonchev–Trinajstić information content (AvgIpc) is 2.53. The standard InChI is InChI=1S/C18H28N4O.HI/c1-4-19-18(20-11-9-17(23)21-14(2)3)22-12-10-15-7-5-6-8-16(15)13-22;/h5-8,14H,4,9-13H2,1-3H3,(H,19,20)(H,21,23);1H. The normalized spacial score (nSPS) is 14.0.